The van der Waals surface area contributed by atoms with Crippen LogP contribution in [0.3, 0.4) is 0 Å². The van der Waals surface area contributed by atoms with E-state index >= 15 is 0 Å². The molecule has 0 aliphatic carbocycles. The van der Waals surface area contributed by atoms with Gasteiger partial charge < -0.3 is 25.2 Å². The van der Waals surface area contributed by atoms with Gasteiger partial charge in [0, 0.05) is 36.2 Å². The molecule has 0 radical (unpaired) electrons. The summed E-state index contributed by atoms with van der Waals surface area (Å²) in [5.74, 6) is -1.43. The van der Waals surface area contributed by atoms with Crippen molar-refractivity contribution >= 4 is 51.1 Å². The first kappa shape index (κ1) is 30.4. The highest BCUT2D eigenvalue weighted by Crippen LogP contribution is 2.22. The Morgan fingerprint density at radius 1 is 1.15 bits per heavy atom. The maximum atomic E-state index is 13.3. The number of thiazole rings is 1. The Bertz CT molecular complexity index is 1450. The lowest BCUT2D eigenvalue weighted by Crippen LogP contribution is -2.39. The van der Waals surface area contributed by atoms with Crippen LogP contribution in [0.2, 0.25) is 0 Å². The predicted octanol–water partition coefficient (Wildman–Crippen LogP) is 3.80. The lowest BCUT2D eigenvalue weighted by atomic mass is 10.1. The Labute approximate surface area is 250 Å². The van der Waals surface area contributed by atoms with Crippen molar-refractivity contribution in [3.05, 3.63) is 84.9 Å². The summed E-state index contributed by atoms with van der Waals surface area (Å²) in [4.78, 5) is 46.3. The third kappa shape index (κ3) is 8.70. The normalized spacial score (nSPS) is 14.0. The topological polar surface area (TPSA) is 130 Å². The maximum Gasteiger partial charge on any atom is 0.354 e. The molecule has 41 heavy (non-hydrogen) atoms. The van der Waals surface area contributed by atoms with Gasteiger partial charge in [-0.05, 0) is 71.7 Å². The second-order valence-corrected chi connectivity index (χ2v) is 11.4. The van der Waals surface area contributed by atoms with Crippen LogP contribution in [0.25, 0.3) is 6.08 Å². The van der Waals surface area contributed by atoms with Gasteiger partial charge >= 0.3 is 5.97 Å². The molecule has 1 saturated heterocycles. The molecule has 1 aliphatic rings. The van der Waals surface area contributed by atoms with Gasteiger partial charge in [-0.15, -0.1) is 11.3 Å². The second kappa shape index (κ2) is 14.4. The number of halogens is 1. The summed E-state index contributed by atoms with van der Waals surface area (Å²) >= 11 is 4.79. The number of aromatic hydroxyl groups is 1. The van der Waals surface area contributed by atoms with Gasteiger partial charge in [-0.2, -0.15) is 0 Å². The average molecular weight is 644 g/mol. The molecule has 1 aromatic heterocycles. The molecule has 4 rings (SSSR count). The number of amides is 2. The summed E-state index contributed by atoms with van der Waals surface area (Å²) in [7, 11) is 0. The first-order valence-electron chi connectivity index (χ1n) is 13.0. The van der Waals surface area contributed by atoms with E-state index in [2.05, 4.69) is 36.4 Å². The van der Waals surface area contributed by atoms with Crippen molar-refractivity contribution < 1.29 is 29.0 Å². The molecule has 0 atom stereocenters. The molecule has 3 aromatic rings. The largest absolute Gasteiger partial charge is 0.508 e. The number of carbonyl (C=O) groups is 3. The Kier molecular flexibility index (Phi) is 10.6. The number of nitrogens with one attached hydrogen (secondary N) is 2. The van der Waals surface area contributed by atoms with Gasteiger partial charge in [0.15, 0.2) is 0 Å². The Morgan fingerprint density at radius 2 is 1.93 bits per heavy atom. The zero-order valence-corrected chi connectivity index (χ0v) is 25.1. The van der Waals surface area contributed by atoms with E-state index in [4.69, 9.17) is 9.47 Å². The van der Waals surface area contributed by atoms with Crippen LogP contribution in [-0.4, -0.2) is 72.2 Å². The molecule has 10 nitrogen and oxygen atoms in total. The van der Waals surface area contributed by atoms with Gasteiger partial charge in [0.05, 0.1) is 34.4 Å². The van der Waals surface area contributed by atoms with Gasteiger partial charge in [-0.3, -0.25) is 14.5 Å². The number of esters is 1. The zero-order valence-electron chi connectivity index (χ0n) is 22.7. The summed E-state index contributed by atoms with van der Waals surface area (Å²) in [5, 5.41) is 15.9. The third-order valence-electron chi connectivity index (χ3n) is 6.27. The molecule has 1 aliphatic heterocycles. The Hall–Kier alpha value is -3.58. The number of rotatable bonds is 10. The van der Waals surface area contributed by atoms with Gasteiger partial charge in [-0.1, -0.05) is 12.1 Å². The van der Waals surface area contributed by atoms with Crippen LogP contribution in [0.1, 0.15) is 41.9 Å². The van der Waals surface area contributed by atoms with Gasteiger partial charge in [0.1, 0.15) is 18.1 Å². The maximum absolute atomic E-state index is 13.3. The number of ether oxygens (including phenoxy) is 2. The minimum atomic E-state index is -0.656. The van der Waals surface area contributed by atoms with Crippen molar-refractivity contribution in [3.8, 4) is 5.75 Å². The van der Waals surface area contributed by atoms with E-state index in [9.17, 15) is 19.5 Å². The molecule has 2 heterocycles. The minimum absolute atomic E-state index is 0.0106. The molecular formula is C29H31BrN4O6S. The predicted molar refractivity (Wildman–Crippen MR) is 159 cm³/mol. The molecule has 0 unspecified atom stereocenters. The fourth-order valence-corrected chi connectivity index (χ4v) is 5.54. The van der Waals surface area contributed by atoms with Crippen LogP contribution in [0, 0.1) is 13.8 Å². The van der Waals surface area contributed by atoms with E-state index < -0.39 is 11.9 Å². The number of carbonyl (C=O) groups excluding carboxylic acids is 3. The fraction of sp³-hybridized carbons (Fsp3) is 0.310. The van der Waals surface area contributed by atoms with Gasteiger partial charge in [0.25, 0.3) is 11.8 Å². The minimum Gasteiger partial charge on any atom is -0.508 e. The molecule has 12 heteroatoms. The molecule has 2 aromatic carbocycles. The number of hydrogen-bond acceptors (Lipinski definition) is 9. The molecule has 216 valence electrons. The number of hydrogen-bond donors (Lipinski definition) is 3. The first-order valence-corrected chi connectivity index (χ1v) is 14.6. The Morgan fingerprint density at radius 3 is 2.61 bits per heavy atom. The van der Waals surface area contributed by atoms with Gasteiger partial charge in [0.2, 0.25) is 0 Å². The van der Waals surface area contributed by atoms with Crippen molar-refractivity contribution in [3.63, 3.8) is 0 Å². The van der Waals surface area contributed by atoms with Crippen LogP contribution in [0.5, 0.6) is 5.75 Å². The summed E-state index contributed by atoms with van der Waals surface area (Å²) < 4.78 is 11.2. The lowest BCUT2D eigenvalue weighted by molar-refractivity contribution is -0.140. The van der Waals surface area contributed by atoms with E-state index in [1.165, 1.54) is 29.5 Å². The third-order valence-corrected chi connectivity index (χ3v) is 7.94. The number of phenols is 1. The van der Waals surface area contributed by atoms with Crippen molar-refractivity contribution in [1.82, 2.24) is 20.5 Å². The van der Waals surface area contributed by atoms with E-state index in [0.29, 0.717) is 29.8 Å². The number of phenolic OH excluding ortho intramolecular Hbond substituents is 1. The quantitative estimate of drug-likeness (QED) is 0.225. The highest BCUT2D eigenvalue weighted by atomic mass is 79.9. The molecular weight excluding hydrogens is 612 g/mol. The van der Waals surface area contributed by atoms with E-state index in [0.717, 1.165) is 34.2 Å². The number of benzene rings is 2. The van der Waals surface area contributed by atoms with Crippen LogP contribution < -0.4 is 10.6 Å². The van der Waals surface area contributed by atoms with E-state index in [-0.39, 0.29) is 36.1 Å². The molecule has 1 fully saturated rings. The van der Waals surface area contributed by atoms with Crippen molar-refractivity contribution in [1.29, 1.82) is 0 Å². The van der Waals surface area contributed by atoms with Crippen LogP contribution in [0.15, 0.2) is 52.6 Å². The molecule has 0 bridgehead atoms. The molecule has 0 spiro atoms. The van der Waals surface area contributed by atoms with Crippen LogP contribution >= 0.6 is 27.3 Å². The number of aryl methyl sites for hydroxylation is 2. The van der Waals surface area contributed by atoms with Crippen molar-refractivity contribution in [2.75, 3.05) is 39.5 Å². The van der Waals surface area contributed by atoms with Crippen LogP contribution in [0.4, 0.5) is 0 Å². The SMILES string of the molecule is Cc1nc(C)c(/C=C(\NC(=O)c2ccc(C(=O)NCc3cccc(O)c3)cc2Br)C(=O)OCCN2CCOCC2)s1. The molecule has 0 saturated carbocycles. The standard InChI is InChI=1S/C29H31BrN4O6S/c1-18-26(41-19(2)32-18)16-25(29(38)40-13-10-34-8-11-39-12-9-34)33-28(37)23-7-6-21(15-24(23)30)27(36)31-17-20-4-3-5-22(35)14-20/h3-7,14-16,35H,8-13,17H2,1-2H3,(H,31,36)(H,33,37)/b25-16-. The summed E-state index contributed by atoms with van der Waals surface area (Å²) in [6, 6.07) is 11.2. The monoisotopic (exact) mass is 642 g/mol. The number of aromatic nitrogens is 1. The van der Waals surface area contributed by atoms with E-state index in [1.54, 1.807) is 30.3 Å². The highest BCUT2D eigenvalue weighted by Gasteiger charge is 2.20. The van der Waals surface area contributed by atoms with Crippen molar-refractivity contribution in [2.45, 2.75) is 20.4 Å². The highest BCUT2D eigenvalue weighted by molar-refractivity contribution is 9.10. The van der Waals surface area contributed by atoms with E-state index in [1.807, 2.05) is 13.8 Å². The smallest absolute Gasteiger partial charge is 0.354 e. The summed E-state index contributed by atoms with van der Waals surface area (Å²) in [6.45, 7) is 7.50. The number of nitrogens with zero attached hydrogens (tertiary/aromatic N) is 2. The fourth-order valence-electron chi connectivity index (χ4n) is 4.11. The molecule has 2 amide bonds. The van der Waals surface area contributed by atoms with Crippen LogP contribution in [-0.2, 0) is 20.8 Å². The average Bonchev–Trinajstić information content (AvgIpc) is 3.27. The lowest BCUT2D eigenvalue weighted by Gasteiger charge is -2.26. The first-order chi connectivity index (χ1) is 19.7. The van der Waals surface area contributed by atoms with Gasteiger partial charge in [-0.25, -0.2) is 9.78 Å². The molecule has 3 N–H and O–H groups in total. The summed E-state index contributed by atoms with van der Waals surface area (Å²) in [5.41, 5.74) is 2.04. The Balaban J connectivity index is 1.44. The summed E-state index contributed by atoms with van der Waals surface area (Å²) in [6.07, 6.45) is 1.58. The zero-order chi connectivity index (χ0) is 29.4. The second-order valence-electron chi connectivity index (χ2n) is 9.33. The number of morpholine rings is 1. The van der Waals surface area contributed by atoms with Crippen molar-refractivity contribution in [2.24, 2.45) is 0 Å².